The Balaban J connectivity index is 1.85. The number of rotatable bonds is 10. The molecule has 0 aliphatic heterocycles. The van der Waals surface area contributed by atoms with Gasteiger partial charge in [-0.05, 0) is 59.7 Å². The van der Waals surface area contributed by atoms with Crippen LogP contribution in [0.1, 0.15) is 21.5 Å². The van der Waals surface area contributed by atoms with E-state index in [1.807, 2.05) is 24.3 Å². The summed E-state index contributed by atoms with van der Waals surface area (Å²) in [6.07, 6.45) is 6.54. The van der Waals surface area contributed by atoms with E-state index in [4.69, 9.17) is 24.7 Å². The van der Waals surface area contributed by atoms with E-state index in [2.05, 4.69) is 5.32 Å². The fraction of sp³-hybridized carbons (Fsp3) is 0.148. The van der Waals surface area contributed by atoms with E-state index in [9.17, 15) is 9.90 Å². The Morgan fingerprint density at radius 1 is 0.829 bits per heavy atom. The fourth-order valence-corrected chi connectivity index (χ4v) is 3.39. The molecule has 0 bridgehead atoms. The molecule has 0 aliphatic rings. The number of hydrogen-bond donors (Lipinski definition) is 3. The molecule has 0 atom stereocenters. The summed E-state index contributed by atoms with van der Waals surface area (Å²) in [6.45, 7) is 0. The normalized spacial score (nSPS) is 11.0. The topological polar surface area (TPSA) is 112 Å². The number of carbonyl (C=O) groups is 1. The number of phenols is 1. The maximum atomic E-state index is 12.4. The van der Waals surface area contributed by atoms with Crippen LogP contribution in [0.2, 0.25) is 0 Å². The Morgan fingerprint density at radius 2 is 1.40 bits per heavy atom. The second-order valence-corrected chi connectivity index (χ2v) is 7.38. The first kappa shape index (κ1) is 25.0. The van der Waals surface area contributed by atoms with Crippen molar-refractivity contribution in [3.05, 3.63) is 77.5 Å². The maximum Gasteiger partial charge on any atom is 0.203 e. The molecular weight excluding hydrogens is 448 g/mol. The summed E-state index contributed by atoms with van der Waals surface area (Å²) in [4.78, 5) is 12.4. The Kier molecular flexibility index (Phi) is 8.24. The number of nitrogens with two attached hydrogens (primary N) is 1. The molecule has 0 fully saturated rings. The molecule has 0 saturated carbocycles. The zero-order valence-electron chi connectivity index (χ0n) is 20.0. The van der Waals surface area contributed by atoms with E-state index in [0.717, 1.165) is 5.56 Å². The van der Waals surface area contributed by atoms with Gasteiger partial charge in [-0.15, -0.1) is 0 Å². The van der Waals surface area contributed by atoms with Gasteiger partial charge in [0, 0.05) is 23.5 Å². The van der Waals surface area contributed by atoms with Crippen LogP contribution < -0.4 is 30.0 Å². The van der Waals surface area contributed by atoms with Crippen LogP contribution in [0, 0.1) is 0 Å². The quantitative estimate of drug-likeness (QED) is 0.162. The molecule has 182 valence electrons. The largest absolute Gasteiger partial charge is 0.504 e. The highest BCUT2D eigenvalue weighted by Crippen LogP contribution is 2.39. The molecule has 8 nitrogen and oxygen atoms in total. The van der Waals surface area contributed by atoms with Crippen molar-refractivity contribution >= 4 is 29.3 Å². The van der Waals surface area contributed by atoms with Gasteiger partial charge in [-0.25, -0.2) is 0 Å². The summed E-state index contributed by atoms with van der Waals surface area (Å²) >= 11 is 0. The number of carbonyl (C=O) groups excluding carboxylic acids is 1. The molecule has 0 spiro atoms. The number of ketones is 1. The van der Waals surface area contributed by atoms with Crippen molar-refractivity contribution in [1.82, 2.24) is 0 Å². The number of ether oxygens (including phenoxy) is 4. The Hall–Kier alpha value is -4.59. The smallest absolute Gasteiger partial charge is 0.203 e. The SMILES string of the molecule is COc1cc(/C=C\c2cc(O)c(OC)c(N/C=C\C(=O)c3ccc(N)cc3)c2)cc(OC)c1OC. The molecule has 3 aromatic rings. The number of allylic oxidation sites excluding steroid dienone is 1. The van der Waals surface area contributed by atoms with E-state index in [0.29, 0.717) is 39.8 Å². The van der Waals surface area contributed by atoms with E-state index in [-0.39, 0.29) is 17.3 Å². The van der Waals surface area contributed by atoms with Gasteiger partial charge in [-0.1, -0.05) is 12.2 Å². The van der Waals surface area contributed by atoms with Crippen molar-refractivity contribution in [1.29, 1.82) is 0 Å². The number of aromatic hydroxyl groups is 1. The van der Waals surface area contributed by atoms with Crippen LogP contribution in [0.4, 0.5) is 11.4 Å². The van der Waals surface area contributed by atoms with Gasteiger partial charge in [0.15, 0.2) is 28.8 Å². The van der Waals surface area contributed by atoms with Crippen LogP contribution in [-0.2, 0) is 0 Å². The second kappa shape index (κ2) is 11.5. The van der Waals surface area contributed by atoms with Crippen molar-refractivity contribution in [2.75, 3.05) is 39.5 Å². The molecule has 0 aromatic heterocycles. The lowest BCUT2D eigenvalue weighted by Gasteiger charge is -2.13. The number of benzene rings is 3. The lowest BCUT2D eigenvalue weighted by Crippen LogP contribution is -1.98. The summed E-state index contributed by atoms with van der Waals surface area (Å²) in [5.74, 6) is 1.56. The first-order valence-corrected chi connectivity index (χ1v) is 10.6. The first-order chi connectivity index (χ1) is 16.9. The fourth-order valence-electron chi connectivity index (χ4n) is 3.39. The monoisotopic (exact) mass is 476 g/mol. The van der Waals surface area contributed by atoms with E-state index in [1.54, 1.807) is 57.7 Å². The molecule has 0 unspecified atom stereocenters. The highest BCUT2D eigenvalue weighted by atomic mass is 16.5. The minimum Gasteiger partial charge on any atom is -0.504 e. The molecule has 3 rings (SSSR count). The number of nitrogens with one attached hydrogen (secondary N) is 1. The Morgan fingerprint density at radius 3 is 1.94 bits per heavy atom. The van der Waals surface area contributed by atoms with Gasteiger partial charge in [0.1, 0.15) is 0 Å². The third kappa shape index (κ3) is 6.05. The summed E-state index contributed by atoms with van der Waals surface area (Å²) in [6, 6.07) is 13.6. The third-order valence-corrected chi connectivity index (χ3v) is 5.12. The summed E-state index contributed by atoms with van der Waals surface area (Å²) in [7, 11) is 6.10. The van der Waals surface area contributed by atoms with Crippen molar-refractivity contribution in [3.63, 3.8) is 0 Å². The van der Waals surface area contributed by atoms with Crippen LogP contribution in [0.15, 0.2) is 60.8 Å². The molecule has 0 amide bonds. The molecule has 3 aromatic carbocycles. The molecule has 4 N–H and O–H groups in total. The summed E-state index contributed by atoms with van der Waals surface area (Å²) in [5, 5.41) is 13.5. The minimum atomic E-state index is -0.195. The van der Waals surface area contributed by atoms with Crippen molar-refractivity contribution in [2.24, 2.45) is 0 Å². The zero-order valence-corrected chi connectivity index (χ0v) is 20.0. The van der Waals surface area contributed by atoms with Crippen LogP contribution >= 0.6 is 0 Å². The Labute approximate surface area is 204 Å². The lowest BCUT2D eigenvalue weighted by molar-refractivity contribution is 0.104. The van der Waals surface area contributed by atoms with Gasteiger partial charge in [-0.2, -0.15) is 0 Å². The summed E-state index contributed by atoms with van der Waals surface area (Å²) in [5.41, 5.74) is 8.74. The average molecular weight is 477 g/mol. The van der Waals surface area contributed by atoms with Gasteiger partial charge >= 0.3 is 0 Å². The first-order valence-electron chi connectivity index (χ1n) is 10.6. The molecule has 35 heavy (non-hydrogen) atoms. The average Bonchev–Trinajstić information content (AvgIpc) is 2.86. The van der Waals surface area contributed by atoms with Crippen LogP contribution in [0.5, 0.6) is 28.7 Å². The van der Waals surface area contributed by atoms with Crippen molar-refractivity contribution in [2.45, 2.75) is 0 Å². The van der Waals surface area contributed by atoms with Gasteiger partial charge in [0.2, 0.25) is 5.75 Å². The van der Waals surface area contributed by atoms with Crippen LogP contribution in [0.25, 0.3) is 12.2 Å². The molecule has 0 saturated heterocycles. The van der Waals surface area contributed by atoms with Gasteiger partial charge < -0.3 is 35.1 Å². The maximum absolute atomic E-state index is 12.4. The highest BCUT2D eigenvalue weighted by Gasteiger charge is 2.13. The number of hydrogen-bond acceptors (Lipinski definition) is 8. The Bertz CT molecular complexity index is 1220. The predicted octanol–water partition coefficient (Wildman–Crippen LogP) is 4.99. The van der Waals surface area contributed by atoms with Gasteiger partial charge in [0.25, 0.3) is 0 Å². The van der Waals surface area contributed by atoms with Crippen LogP contribution in [0.3, 0.4) is 0 Å². The molecule has 8 heteroatoms. The minimum absolute atomic E-state index is 0.0553. The number of nitrogen functional groups attached to an aromatic ring is 1. The van der Waals surface area contributed by atoms with Crippen molar-refractivity contribution in [3.8, 4) is 28.7 Å². The summed E-state index contributed by atoms with van der Waals surface area (Å²) < 4.78 is 21.5. The zero-order chi connectivity index (χ0) is 25.4. The lowest BCUT2D eigenvalue weighted by atomic mass is 10.1. The molecule has 0 radical (unpaired) electrons. The van der Waals surface area contributed by atoms with Gasteiger partial charge in [0.05, 0.1) is 34.1 Å². The molecule has 0 aliphatic carbocycles. The predicted molar refractivity (Wildman–Crippen MR) is 138 cm³/mol. The highest BCUT2D eigenvalue weighted by molar-refractivity contribution is 6.04. The second-order valence-electron chi connectivity index (χ2n) is 7.38. The molecule has 0 heterocycles. The van der Waals surface area contributed by atoms with Crippen molar-refractivity contribution < 1.29 is 28.8 Å². The standard InChI is InChI=1S/C27H28N2O6/c1-32-24-15-18(16-25(33-2)27(24)35-4)6-5-17-13-21(26(34-3)23(31)14-17)29-12-11-22(30)19-7-9-20(28)10-8-19/h5-16,29,31H,28H2,1-4H3/b6-5-,12-11-. The van der Waals surface area contributed by atoms with E-state index in [1.165, 1.54) is 19.4 Å². The van der Waals surface area contributed by atoms with E-state index >= 15 is 0 Å². The van der Waals surface area contributed by atoms with Crippen LogP contribution in [-0.4, -0.2) is 39.3 Å². The number of anilines is 2. The van der Waals surface area contributed by atoms with E-state index < -0.39 is 0 Å². The third-order valence-electron chi connectivity index (χ3n) is 5.12. The molecular formula is C27H28N2O6. The number of phenolic OH excluding ortho intramolecular Hbond substituents is 1. The van der Waals surface area contributed by atoms with Gasteiger partial charge in [-0.3, -0.25) is 4.79 Å². The number of methoxy groups -OCH3 is 4.